The lowest BCUT2D eigenvalue weighted by Crippen LogP contribution is -2.13. The summed E-state index contributed by atoms with van der Waals surface area (Å²) in [6, 6.07) is 8.12. The monoisotopic (exact) mass is 275 g/mol. The van der Waals surface area contributed by atoms with Crippen LogP contribution in [0.2, 0.25) is 0 Å². The molecule has 1 aromatic heterocycles. The number of nitrogens with two attached hydrogens (primary N) is 1. The second-order valence-electron chi connectivity index (χ2n) is 3.87. The van der Waals surface area contributed by atoms with Gasteiger partial charge in [0.15, 0.2) is 0 Å². The number of para-hydroxylation sites is 1. The SMILES string of the molecule is CCc1c(NN)ncnc1Nc1ccccc1SC. The van der Waals surface area contributed by atoms with Crippen molar-refractivity contribution >= 4 is 29.1 Å². The third-order valence-electron chi connectivity index (χ3n) is 2.80. The first-order chi connectivity index (χ1) is 9.30. The van der Waals surface area contributed by atoms with Crippen molar-refractivity contribution in [3.8, 4) is 0 Å². The lowest BCUT2D eigenvalue weighted by molar-refractivity contribution is 1.04. The molecule has 0 amide bonds. The highest BCUT2D eigenvalue weighted by Crippen LogP contribution is 2.29. The molecule has 0 spiro atoms. The maximum absolute atomic E-state index is 5.47. The summed E-state index contributed by atoms with van der Waals surface area (Å²) in [5.74, 6) is 6.91. The van der Waals surface area contributed by atoms with E-state index in [0.29, 0.717) is 5.82 Å². The number of aromatic nitrogens is 2. The number of hydrogen-bond acceptors (Lipinski definition) is 6. The van der Waals surface area contributed by atoms with Crippen molar-refractivity contribution in [1.82, 2.24) is 9.97 Å². The molecular weight excluding hydrogens is 258 g/mol. The lowest BCUT2D eigenvalue weighted by atomic mass is 10.2. The molecule has 19 heavy (non-hydrogen) atoms. The molecule has 5 nitrogen and oxygen atoms in total. The molecule has 6 heteroatoms. The molecule has 1 aromatic carbocycles. The Bertz CT molecular complexity index is 558. The van der Waals surface area contributed by atoms with Gasteiger partial charge in [-0.3, -0.25) is 0 Å². The summed E-state index contributed by atoms with van der Waals surface area (Å²) in [7, 11) is 0. The summed E-state index contributed by atoms with van der Waals surface area (Å²) < 4.78 is 0. The predicted octanol–water partition coefficient (Wildman–Crippen LogP) is 2.79. The van der Waals surface area contributed by atoms with Crippen molar-refractivity contribution in [2.75, 3.05) is 17.0 Å². The highest BCUT2D eigenvalue weighted by Gasteiger charge is 2.10. The minimum atomic E-state index is 0.654. The van der Waals surface area contributed by atoms with E-state index >= 15 is 0 Å². The molecule has 0 aliphatic heterocycles. The van der Waals surface area contributed by atoms with Crippen LogP contribution in [-0.2, 0) is 6.42 Å². The van der Waals surface area contributed by atoms with Crippen LogP contribution in [0, 0.1) is 0 Å². The number of benzene rings is 1. The lowest BCUT2D eigenvalue weighted by Gasteiger charge is -2.14. The van der Waals surface area contributed by atoms with E-state index in [1.165, 1.54) is 11.2 Å². The summed E-state index contributed by atoms with van der Waals surface area (Å²) in [6.07, 6.45) is 4.34. The van der Waals surface area contributed by atoms with E-state index in [1.807, 2.05) is 31.4 Å². The average Bonchev–Trinajstić information content (AvgIpc) is 2.47. The van der Waals surface area contributed by atoms with Crippen molar-refractivity contribution in [1.29, 1.82) is 0 Å². The van der Waals surface area contributed by atoms with E-state index in [0.717, 1.165) is 23.5 Å². The molecule has 100 valence electrons. The summed E-state index contributed by atoms with van der Waals surface area (Å²) in [4.78, 5) is 9.59. The fraction of sp³-hybridized carbons (Fsp3) is 0.231. The van der Waals surface area contributed by atoms with Gasteiger partial charge >= 0.3 is 0 Å². The van der Waals surface area contributed by atoms with Crippen LogP contribution in [0.5, 0.6) is 0 Å². The molecule has 2 rings (SSSR count). The Labute approximate surface area is 117 Å². The van der Waals surface area contributed by atoms with Crippen LogP contribution in [0.3, 0.4) is 0 Å². The quantitative estimate of drug-likeness (QED) is 0.442. The molecule has 0 aliphatic rings. The summed E-state index contributed by atoms with van der Waals surface area (Å²) >= 11 is 1.69. The molecule has 0 saturated heterocycles. The number of nitrogens with one attached hydrogen (secondary N) is 2. The Morgan fingerprint density at radius 2 is 1.95 bits per heavy atom. The molecule has 4 N–H and O–H groups in total. The molecule has 0 radical (unpaired) electrons. The van der Waals surface area contributed by atoms with Crippen LogP contribution in [0.1, 0.15) is 12.5 Å². The molecule has 0 bridgehead atoms. The Morgan fingerprint density at radius 1 is 1.21 bits per heavy atom. The van der Waals surface area contributed by atoms with E-state index in [2.05, 4.69) is 26.8 Å². The zero-order valence-electron chi connectivity index (χ0n) is 11.0. The van der Waals surface area contributed by atoms with Crippen molar-refractivity contribution in [3.05, 3.63) is 36.2 Å². The van der Waals surface area contributed by atoms with Crippen LogP contribution in [0.15, 0.2) is 35.5 Å². The molecule has 1 heterocycles. The van der Waals surface area contributed by atoms with Crippen LogP contribution < -0.4 is 16.6 Å². The highest BCUT2D eigenvalue weighted by atomic mass is 32.2. The molecule has 0 atom stereocenters. The normalized spacial score (nSPS) is 10.3. The summed E-state index contributed by atoms with van der Waals surface area (Å²) in [6.45, 7) is 2.05. The second kappa shape index (κ2) is 6.40. The number of rotatable bonds is 5. The van der Waals surface area contributed by atoms with E-state index in [9.17, 15) is 0 Å². The van der Waals surface area contributed by atoms with E-state index in [1.54, 1.807) is 11.8 Å². The van der Waals surface area contributed by atoms with E-state index in [4.69, 9.17) is 5.84 Å². The van der Waals surface area contributed by atoms with Crippen LogP contribution >= 0.6 is 11.8 Å². The fourth-order valence-corrected chi connectivity index (χ4v) is 2.41. The average molecular weight is 275 g/mol. The van der Waals surface area contributed by atoms with Gasteiger partial charge in [-0.2, -0.15) is 0 Å². The summed E-state index contributed by atoms with van der Waals surface area (Å²) in [5, 5.41) is 3.35. The van der Waals surface area contributed by atoms with Crippen molar-refractivity contribution in [2.45, 2.75) is 18.2 Å². The van der Waals surface area contributed by atoms with Crippen molar-refractivity contribution < 1.29 is 0 Å². The number of hydrazine groups is 1. The fourth-order valence-electron chi connectivity index (χ4n) is 1.85. The maximum Gasteiger partial charge on any atom is 0.148 e. The molecule has 0 fully saturated rings. The minimum Gasteiger partial charge on any atom is -0.339 e. The third kappa shape index (κ3) is 2.97. The number of nitrogen functional groups attached to an aromatic ring is 1. The predicted molar refractivity (Wildman–Crippen MR) is 80.7 cm³/mol. The van der Waals surface area contributed by atoms with Crippen LogP contribution in [-0.4, -0.2) is 16.2 Å². The Balaban J connectivity index is 2.38. The molecule has 2 aromatic rings. The van der Waals surface area contributed by atoms with Crippen LogP contribution in [0.4, 0.5) is 17.3 Å². The van der Waals surface area contributed by atoms with Gasteiger partial charge in [0.05, 0.1) is 5.69 Å². The van der Waals surface area contributed by atoms with Gasteiger partial charge in [0, 0.05) is 10.5 Å². The number of nitrogens with zero attached hydrogens (tertiary/aromatic N) is 2. The van der Waals surface area contributed by atoms with E-state index < -0.39 is 0 Å². The van der Waals surface area contributed by atoms with Gasteiger partial charge in [-0.1, -0.05) is 19.1 Å². The number of anilines is 3. The van der Waals surface area contributed by atoms with E-state index in [-0.39, 0.29) is 0 Å². The zero-order chi connectivity index (χ0) is 13.7. The van der Waals surface area contributed by atoms with Crippen molar-refractivity contribution in [3.63, 3.8) is 0 Å². The van der Waals surface area contributed by atoms with Gasteiger partial charge in [-0.15, -0.1) is 11.8 Å². The highest BCUT2D eigenvalue weighted by molar-refractivity contribution is 7.98. The molecule has 0 saturated carbocycles. The standard InChI is InChI=1S/C13H17N5S/c1-3-9-12(15-8-16-13(9)18-14)17-10-6-4-5-7-11(10)19-2/h4-8H,3,14H2,1-2H3,(H2,15,16,17,18). The van der Waals surface area contributed by atoms with Gasteiger partial charge in [-0.25, -0.2) is 15.8 Å². The maximum atomic E-state index is 5.47. The number of thioether (sulfide) groups is 1. The molecule has 0 unspecified atom stereocenters. The topological polar surface area (TPSA) is 75.9 Å². The Hall–Kier alpha value is -1.79. The van der Waals surface area contributed by atoms with Gasteiger partial charge < -0.3 is 10.7 Å². The zero-order valence-corrected chi connectivity index (χ0v) is 11.8. The summed E-state index contributed by atoms with van der Waals surface area (Å²) in [5.41, 5.74) is 4.61. The first-order valence-electron chi connectivity index (χ1n) is 6.00. The second-order valence-corrected chi connectivity index (χ2v) is 4.72. The van der Waals surface area contributed by atoms with Gasteiger partial charge in [0.25, 0.3) is 0 Å². The Morgan fingerprint density at radius 3 is 2.63 bits per heavy atom. The van der Waals surface area contributed by atoms with Gasteiger partial charge in [0.1, 0.15) is 18.0 Å². The first-order valence-corrected chi connectivity index (χ1v) is 7.23. The molecule has 0 aliphatic carbocycles. The van der Waals surface area contributed by atoms with Gasteiger partial charge in [-0.05, 0) is 24.8 Å². The number of hydrogen-bond donors (Lipinski definition) is 3. The minimum absolute atomic E-state index is 0.654. The van der Waals surface area contributed by atoms with Crippen LogP contribution in [0.25, 0.3) is 0 Å². The third-order valence-corrected chi connectivity index (χ3v) is 3.59. The largest absolute Gasteiger partial charge is 0.339 e. The first kappa shape index (κ1) is 13.6. The smallest absolute Gasteiger partial charge is 0.148 e. The van der Waals surface area contributed by atoms with Crippen molar-refractivity contribution in [2.24, 2.45) is 5.84 Å². The molecular formula is C13H17N5S. The Kier molecular flexibility index (Phi) is 4.59. The van der Waals surface area contributed by atoms with Gasteiger partial charge in [0.2, 0.25) is 0 Å².